The lowest BCUT2D eigenvalue weighted by molar-refractivity contribution is 0.0263. The van der Waals surface area contributed by atoms with Gasteiger partial charge >= 0.3 is 0 Å². The van der Waals surface area contributed by atoms with Crippen molar-refractivity contribution in [1.29, 1.82) is 0 Å². The molecule has 0 saturated carbocycles. The summed E-state index contributed by atoms with van der Waals surface area (Å²) in [5, 5.41) is 0. The van der Waals surface area contributed by atoms with Crippen LogP contribution in [0.15, 0.2) is 117 Å². The zero-order valence-corrected chi connectivity index (χ0v) is 37.1. The van der Waals surface area contributed by atoms with Crippen LogP contribution >= 0.6 is 0 Å². The highest BCUT2D eigenvalue weighted by Gasteiger charge is 2.25. The van der Waals surface area contributed by atoms with E-state index in [0.29, 0.717) is 0 Å². The highest BCUT2D eigenvalue weighted by Crippen LogP contribution is 2.19. The summed E-state index contributed by atoms with van der Waals surface area (Å²) in [6.45, 7) is 9.39. The number of benzene rings is 4. The Labute approximate surface area is 349 Å². The second-order valence-corrected chi connectivity index (χ2v) is 20.5. The van der Waals surface area contributed by atoms with Crippen molar-refractivity contribution in [2.75, 3.05) is 52.9 Å². The van der Waals surface area contributed by atoms with Gasteiger partial charge in [-0.1, -0.05) is 70.8 Å². The quantitative estimate of drug-likeness (QED) is 0.0510. The van der Waals surface area contributed by atoms with Gasteiger partial charge in [0.05, 0.1) is 45.0 Å². The van der Waals surface area contributed by atoms with E-state index in [0.717, 1.165) is 22.3 Å². The van der Waals surface area contributed by atoms with Crippen molar-refractivity contribution in [2.45, 2.75) is 73.3 Å². The van der Waals surface area contributed by atoms with E-state index in [9.17, 15) is 33.7 Å². The maximum atomic E-state index is 13.0. The number of aryl methyl sites for hydroxylation is 4. The zero-order valence-electron chi connectivity index (χ0n) is 33.9. The number of nitrogens with zero attached hydrogens (tertiary/aromatic N) is 2. The molecular formula is C40H52N2O13S4. The van der Waals surface area contributed by atoms with Gasteiger partial charge in [-0.3, -0.25) is 26.5 Å². The van der Waals surface area contributed by atoms with Crippen LogP contribution in [0, 0.1) is 27.7 Å². The van der Waals surface area contributed by atoms with Crippen molar-refractivity contribution in [2.24, 2.45) is 0 Å². The minimum atomic E-state index is -4.19. The summed E-state index contributed by atoms with van der Waals surface area (Å²) < 4.78 is 131. The van der Waals surface area contributed by atoms with E-state index < -0.39 is 66.1 Å². The maximum absolute atomic E-state index is 13.0. The topological polar surface area (TPSA) is 189 Å². The Morgan fingerprint density at radius 2 is 0.678 bits per heavy atom. The highest BCUT2D eigenvalue weighted by atomic mass is 32.2. The first-order valence-corrected chi connectivity index (χ1v) is 24.2. The first-order chi connectivity index (χ1) is 27.6. The Hall–Kier alpha value is -3.60. The molecule has 4 aromatic carbocycles. The summed E-state index contributed by atoms with van der Waals surface area (Å²) in [7, 11) is -16.7. The molecule has 0 N–H and O–H groups in total. The summed E-state index contributed by atoms with van der Waals surface area (Å²) in [5.74, 6) is 0. The Morgan fingerprint density at radius 3 is 0.949 bits per heavy atom. The Bertz CT molecular complexity index is 2220. The van der Waals surface area contributed by atoms with Crippen LogP contribution < -0.4 is 0 Å². The molecule has 0 bridgehead atoms. The molecule has 2 unspecified atom stereocenters. The summed E-state index contributed by atoms with van der Waals surface area (Å²) >= 11 is 0. The molecule has 0 aromatic heterocycles. The second kappa shape index (κ2) is 21.3. The molecule has 0 amide bonds. The van der Waals surface area contributed by atoms with Crippen LogP contribution in [-0.2, 0) is 61.9 Å². The van der Waals surface area contributed by atoms with E-state index in [-0.39, 0.29) is 59.0 Å². The molecule has 0 saturated heterocycles. The van der Waals surface area contributed by atoms with Crippen molar-refractivity contribution in [3.63, 3.8) is 0 Å². The predicted molar refractivity (Wildman–Crippen MR) is 220 cm³/mol. The third-order valence-electron chi connectivity index (χ3n) is 8.74. The smallest absolute Gasteiger partial charge is 0.298 e. The molecule has 0 aliphatic carbocycles. The van der Waals surface area contributed by atoms with Crippen LogP contribution in [0.5, 0.6) is 0 Å². The maximum Gasteiger partial charge on any atom is 0.298 e. The fourth-order valence-electron chi connectivity index (χ4n) is 5.48. The van der Waals surface area contributed by atoms with Gasteiger partial charge in [0.1, 0.15) is 13.5 Å². The Balaban J connectivity index is 1.42. The van der Waals surface area contributed by atoms with Crippen LogP contribution in [0.4, 0.5) is 0 Å². The summed E-state index contributed by atoms with van der Waals surface area (Å²) in [6.07, 6.45) is -1.87. The molecule has 15 nitrogen and oxygen atoms in total. The molecule has 0 radical (unpaired) electrons. The molecule has 4 rings (SSSR count). The van der Waals surface area contributed by atoms with Gasteiger partial charge in [0, 0.05) is 26.2 Å². The standard InChI is InChI=1S/C40H52N2O13S4/c1-31-7-15-37(16-8-31)56(43,44)52-29-41(27-35(5)54-58(47,48)39-19-11-33(3)12-20-39)23-25-51-26-24-42(30-53-57(45,46)38-17-9-32(2)10-18-38)28-36(6)55-59(49,50)40-21-13-34(4)14-22-40/h7-22,35-36H,23-30H2,1-6H3. The van der Waals surface area contributed by atoms with Crippen LogP contribution in [-0.4, -0.2) is 109 Å². The van der Waals surface area contributed by atoms with Gasteiger partial charge in [0.15, 0.2) is 0 Å². The third kappa shape index (κ3) is 15.4. The predicted octanol–water partition coefficient (Wildman–Crippen LogP) is 5.15. The molecule has 0 fully saturated rings. The zero-order chi connectivity index (χ0) is 43.4. The van der Waals surface area contributed by atoms with Gasteiger partial charge in [-0.2, -0.15) is 33.7 Å². The molecule has 2 atom stereocenters. The van der Waals surface area contributed by atoms with Gasteiger partial charge in [0.2, 0.25) is 0 Å². The van der Waals surface area contributed by atoms with E-state index in [4.69, 9.17) is 21.5 Å². The number of rotatable bonds is 24. The van der Waals surface area contributed by atoms with Crippen molar-refractivity contribution in [1.82, 2.24) is 9.80 Å². The largest absolute Gasteiger partial charge is 0.379 e. The molecule has 19 heteroatoms. The van der Waals surface area contributed by atoms with Crippen molar-refractivity contribution in [3.8, 4) is 0 Å². The number of ether oxygens (including phenoxy) is 1. The number of hydrogen-bond acceptors (Lipinski definition) is 15. The lowest BCUT2D eigenvalue weighted by atomic mass is 10.2. The van der Waals surface area contributed by atoms with E-state index in [2.05, 4.69) is 0 Å². The normalized spacial score (nSPS) is 13.8. The van der Waals surface area contributed by atoms with Crippen molar-refractivity contribution in [3.05, 3.63) is 119 Å². The molecule has 0 spiro atoms. The summed E-state index contributed by atoms with van der Waals surface area (Å²) in [4.78, 5) is 2.86. The van der Waals surface area contributed by atoms with Crippen LogP contribution in [0.25, 0.3) is 0 Å². The second-order valence-electron chi connectivity index (χ2n) is 14.1. The first kappa shape index (κ1) is 48.1. The molecule has 4 aromatic rings. The monoisotopic (exact) mass is 896 g/mol. The van der Waals surface area contributed by atoms with Crippen LogP contribution in [0.1, 0.15) is 36.1 Å². The molecule has 0 aliphatic heterocycles. The van der Waals surface area contributed by atoms with Gasteiger partial charge in [-0.25, -0.2) is 0 Å². The fraction of sp³-hybridized carbons (Fsp3) is 0.400. The third-order valence-corrected chi connectivity index (χ3v) is 14.1. The van der Waals surface area contributed by atoms with Crippen LogP contribution in [0.3, 0.4) is 0 Å². The van der Waals surface area contributed by atoms with Crippen molar-refractivity contribution >= 4 is 40.5 Å². The van der Waals surface area contributed by atoms with E-state index >= 15 is 0 Å². The van der Waals surface area contributed by atoms with Gasteiger partial charge in [-0.15, -0.1) is 0 Å². The van der Waals surface area contributed by atoms with Crippen molar-refractivity contribution < 1.29 is 55.1 Å². The summed E-state index contributed by atoms with van der Waals surface area (Å²) in [5.41, 5.74) is 3.45. The average Bonchev–Trinajstić information content (AvgIpc) is 3.16. The van der Waals surface area contributed by atoms with Gasteiger partial charge in [-0.05, 0) is 90.1 Å². The average molecular weight is 897 g/mol. The fourth-order valence-corrected chi connectivity index (χ4v) is 9.42. The molecular weight excluding hydrogens is 845 g/mol. The van der Waals surface area contributed by atoms with Crippen LogP contribution in [0.2, 0.25) is 0 Å². The first-order valence-electron chi connectivity index (χ1n) is 18.6. The lowest BCUT2D eigenvalue weighted by Crippen LogP contribution is -2.39. The molecule has 0 heterocycles. The SMILES string of the molecule is Cc1ccc(S(=O)(=O)OCN(CCOCCN(COS(=O)(=O)c2ccc(C)cc2)CC(C)OS(=O)(=O)c2ccc(C)cc2)CC(C)OS(=O)(=O)c2ccc(C)cc2)cc1. The van der Waals surface area contributed by atoms with E-state index in [1.165, 1.54) is 72.2 Å². The lowest BCUT2D eigenvalue weighted by Gasteiger charge is -2.26. The minimum absolute atomic E-state index is 0.00437. The number of hydrogen-bond donors (Lipinski definition) is 0. The highest BCUT2D eigenvalue weighted by molar-refractivity contribution is 7.87. The molecule has 59 heavy (non-hydrogen) atoms. The van der Waals surface area contributed by atoms with Gasteiger partial charge < -0.3 is 4.74 Å². The molecule has 0 aliphatic rings. The Morgan fingerprint density at radius 1 is 0.424 bits per heavy atom. The molecule has 324 valence electrons. The minimum Gasteiger partial charge on any atom is -0.379 e. The van der Waals surface area contributed by atoms with Gasteiger partial charge in [0.25, 0.3) is 40.5 Å². The van der Waals surface area contributed by atoms with E-state index in [1.807, 2.05) is 27.7 Å². The Kier molecular flexibility index (Phi) is 17.3. The van der Waals surface area contributed by atoms with E-state index in [1.54, 1.807) is 48.5 Å². The summed E-state index contributed by atoms with van der Waals surface area (Å²) in [6, 6.07) is 24.5.